The topological polar surface area (TPSA) is 66.5 Å². The van der Waals surface area contributed by atoms with Crippen LogP contribution in [0.4, 0.5) is 5.69 Å². The van der Waals surface area contributed by atoms with E-state index in [1.54, 1.807) is 24.3 Å². The summed E-state index contributed by atoms with van der Waals surface area (Å²) in [5, 5.41) is 2.95. The Morgan fingerprint density at radius 3 is 2.31 bits per heavy atom. The number of hydrogen-bond donors (Lipinski definition) is 1. The molecule has 1 aliphatic heterocycles. The van der Waals surface area contributed by atoms with E-state index in [0.717, 1.165) is 49.9 Å². The van der Waals surface area contributed by atoms with Crippen molar-refractivity contribution in [1.82, 2.24) is 4.90 Å². The molecule has 4 saturated carbocycles. The second-order valence-corrected chi connectivity index (χ2v) is 9.98. The number of amides is 2. The van der Waals surface area contributed by atoms with E-state index in [1.165, 1.54) is 26.2 Å². The fourth-order valence-corrected chi connectivity index (χ4v) is 7.00. The highest BCUT2D eigenvalue weighted by Crippen LogP contribution is 2.60. The molecule has 6 rings (SSSR count). The van der Waals surface area contributed by atoms with Gasteiger partial charge in [-0.15, -0.1) is 0 Å². The van der Waals surface area contributed by atoms with Crippen molar-refractivity contribution in [1.29, 1.82) is 0 Å². The zero-order valence-electron chi connectivity index (χ0n) is 17.2. The quantitative estimate of drug-likeness (QED) is 0.784. The molecule has 1 atom stereocenters. The number of anilines is 1. The van der Waals surface area contributed by atoms with Crippen LogP contribution in [0.5, 0.6) is 0 Å². The smallest absolute Gasteiger partial charge is 0.247 e. The molecule has 5 fully saturated rings. The van der Waals surface area contributed by atoms with Crippen molar-refractivity contribution in [2.75, 3.05) is 11.9 Å². The van der Waals surface area contributed by atoms with E-state index in [1.807, 2.05) is 4.90 Å². The van der Waals surface area contributed by atoms with Gasteiger partial charge in [0.15, 0.2) is 5.78 Å². The number of nitrogens with one attached hydrogen (secondary N) is 1. The van der Waals surface area contributed by atoms with Crippen molar-refractivity contribution >= 4 is 23.3 Å². The van der Waals surface area contributed by atoms with Gasteiger partial charge >= 0.3 is 0 Å². The molecular weight excluding hydrogens is 364 g/mol. The minimum Gasteiger partial charge on any atom is -0.330 e. The van der Waals surface area contributed by atoms with Crippen molar-refractivity contribution < 1.29 is 14.4 Å². The predicted octanol–water partition coefficient (Wildman–Crippen LogP) is 4.04. The second kappa shape index (κ2) is 6.96. The van der Waals surface area contributed by atoms with Gasteiger partial charge in [-0.1, -0.05) is 12.1 Å². The third-order valence-electron chi connectivity index (χ3n) is 7.84. The predicted molar refractivity (Wildman–Crippen MR) is 110 cm³/mol. The highest BCUT2D eigenvalue weighted by Gasteiger charge is 2.56. The Kier molecular flexibility index (Phi) is 4.52. The highest BCUT2D eigenvalue weighted by molar-refractivity contribution is 6.00. The summed E-state index contributed by atoms with van der Waals surface area (Å²) < 4.78 is 0. The van der Waals surface area contributed by atoms with Crippen LogP contribution in [0.1, 0.15) is 68.6 Å². The molecule has 0 radical (unpaired) electrons. The molecule has 4 bridgehead atoms. The molecule has 154 valence electrons. The number of rotatable bonds is 4. The maximum atomic E-state index is 13.7. The Hall–Kier alpha value is -2.17. The van der Waals surface area contributed by atoms with E-state index in [-0.39, 0.29) is 23.0 Å². The van der Waals surface area contributed by atoms with E-state index in [0.29, 0.717) is 17.8 Å². The molecular formula is C24H30N2O3. The molecule has 4 aliphatic carbocycles. The van der Waals surface area contributed by atoms with Crippen LogP contribution in [0.3, 0.4) is 0 Å². The van der Waals surface area contributed by atoms with Gasteiger partial charge < -0.3 is 10.2 Å². The largest absolute Gasteiger partial charge is 0.330 e. The van der Waals surface area contributed by atoms with Crippen molar-refractivity contribution in [2.45, 2.75) is 64.3 Å². The van der Waals surface area contributed by atoms with Gasteiger partial charge in [0.25, 0.3) is 0 Å². The molecule has 5 aliphatic rings. The molecule has 5 nitrogen and oxygen atoms in total. The van der Waals surface area contributed by atoms with Gasteiger partial charge in [0, 0.05) is 17.8 Å². The van der Waals surface area contributed by atoms with Crippen LogP contribution < -0.4 is 5.32 Å². The lowest BCUT2D eigenvalue weighted by molar-refractivity contribution is -0.160. The first-order valence-electron chi connectivity index (χ1n) is 11.2. The lowest BCUT2D eigenvalue weighted by Crippen LogP contribution is -2.56. The number of likely N-dealkylation sites (tertiary alicyclic amines) is 1. The maximum absolute atomic E-state index is 13.7. The van der Waals surface area contributed by atoms with E-state index in [9.17, 15) is 14.4 Å². The van der Waals surface area contributed by atoms with E-state index in [4.69, 9.17) is 0 Å². The zero-order valence-corrected chi connectivity index (χ0v) is 17.2. The number of nitrogens with zero attached hydrogens (tertiary/aromatic N) is 1. The summed E-state index contributed by atoms with van der Waals surface area (Å²) in [5.41, 5.74) is 0.999. The summed E-state index contributed by atoms with van der Waals surface area (Å²) in [6, 6.07) is 6.64. The summed E-state index contributed by atoms with van der Waals surface area (Å²) in [5.74, 6) is 2.24. The molecule has 0 unspecified atom stereocenters. The Morgan fingerprint density at radius 2 is 1.69 bits per heavy atom. The van der Waals surface area contributed by atoms with E-state index in [2.05, 4.69) is 5.32 Å². The third-order valence-corrected chi connectivity index (χ3v) is 7.84. The van der Waals surface area contributed by atoms with Crippen molar-refractivity contribution in [3.63, 3.8) is 0 Å². The minimum atomic E-state index is -0.392. The van der Waals surface area contributed by atoms with Crippen LogP contribution in [0.25, 0.3) is 0 Å². The third kappa shape index (κ3) is 3.28. The molecule has 1 aromatic carbocycles. The van der Waals surface area contributed by atoms with Gasteiger partial charge in [-0.2, -0.15) is 0 Å². The van der Waals surface area contributed by atoms with Crippen LogP contribution in [-0.2, 0) is 9.59 Å². The van der Waals surface area contributed by atoms with Gasteiger partial charge in [0.2, 0.25) is 11.8 Å². The Labute approximate surface area is 172 Å². The highest BCUT2D eigenvalue weighted by atomic mass is 16.2. The maximum Gasteiger partial charge on any atom is 0.247 e. The van der Waals surface area contributed by atoms with Gasteiger partial charge in [-0.05, 0) is 88.2 Å². The molecule has 5 heteroatoms. The summed E-state index contributed by atoms with van der Waals surface area (Å²) in [7, 11) is 0. The molecule has 1 saturated heterocycles. The van der Waals surface area contributed by atoms with Gasteiger partial charge in [-0.3, -0.25) is 14.4 Å². The van der Waals surface area contributed by atoms with Crippen LogP contribution in [0, 0.1) is 23.2 Å². The number of benzene rings is 1. The molecule has 0 aromatic heterocycles. The fraction of sp³-hybridized carbons (Fsp3) is 0.625. The number of hydrogen-bond acceptors (Lipinski definition) is 3. The Morgan fingerprint density at radius 1 is 1.03 bits per heavy atom. The number of carbonyl (C=O) groups excluding carboxylic acids is 3. The molecule has 1 heterocycles. The fourth-order valence-electron chi connectivity index (χ4n) is 7.00. The molecule has 0 spiro atoms. The first-order chi connectivity index (χ1) is 13.9. The first kappa shape index (κ1) is 18.8. The van der Waals surface area contributed by atoms with E-state index >= 15 is 0 Å². The molecule has 2 amide bonds. The minimum absolute atomic E-state index is 0.0272. The average molecular weight is 395 g/mol. The van der Waals surface area contributed by atoms with Crippen molar-refractivity contribution in [2.24, 2.45) is 23.2 Å². The standard InChI is InChI=1S/C24H30N2O3/c1-15(27)19-4-2-5-20(11-19)25-22(28)21-6-3-7-26(21)23(29)24-12-16-8-17(13-24)10-18(9-16)14-24/h2,4-5,11,16-18,21H,3,6-10,12-14H2,1H3,(H,25,28)/t16?,17?,18?,21-,24?/m1/s1. The lowest BCUT2D eigenvalue weighted by atomic mass is 9.49. The molecule has 29 heavy (non-hydrogen) atoms. The molecule has 1 aromatic rings. The van der Waals surface area contributed by atoms with E-state index < -0.39 is 6.04 Å². The van der Waals surface area contributed by atoms with Gasteiger partial charge in [-0.25, -0.2) is 0 Å². The zero-order chi connectivity index (χ0) is 20.2. The first-order valence-corrected chi connectivity index (χ1v) is 11.2. The lowest BCUT2D eigenvalue weighted by Gasteiger charge is -2.56. The van der Waals surface area contributed by atoms with Crippen molar-refractivity contribution in [3.8, 4) is 0 Å². The second-order valence-electron chi connectivity index (χ2n) is 9.98. The SMILES string of the molecule is CC(=O)c1cccc(NC(=O)[C@H]2CCCN2C(=O)C23CC4CC(CC(C4)C2)C3)c1. The van der Waals surface area contributed by atoms with Crippen LogP contribution in [-0.4, -0.2) is 35.1 Å². The van der Waals surface area contributed by atoms with Crippen molar-refractivity contribution in [3.05, 3.63) is 29.8 Å². The monoisotopic (exact) mass is 394 g/mol. The normalized spacial score (nSPS) is 35.0. The van der Waals surface area contributed by atoms with Crippen LogP contribution in [0.2, 0.25) is 0 Å². The summed E-state index contributed by atoms with van der Waals surface area (Å²) >= 11 is 0. The van der Waals surface area contributed by atoms with Crippen LogP contribution in [0.15, 0.2) is 24.3 Å². The average Bonchev–Trinajstić information content (AvgIpc) is 3.16. The number of Topliss-reactive ketones (excluding diaryl/α,β-unsaturated/α-hetero) is 1. The van der Waals surface area contributed by atoms with Gasteiger partial charge in [0.1, 0.15) is 6.04 Å². The number of carbonyl (C=O) groups is 3. The Balaban J connectivity index is 1.32. The number of ketones is 1. The Bertz CT molecular complexity index is 826. The summed E-state index contributed by atoms with van der Waals surface area (Å²) in [4.78, 5) is 40.3. The van der Waals surface area contributed by atoms with Crippen LogP contribution >= 0.6 is 0 Å². The van der Waals surface area contributed by atoms with Gasteiger partial charge in [0.05, 0.1) is 5.41 Å². The molecule has 1 N–H and O–H groups in total. The summed E-state index contributed by atoms with van der Waals surface area (Å²) in [6.45, 7) is 2.20. The summed E-state index contributed by atoms with van der Waals surface area (Å²) in [6.07, 6.45) is 8.62.